The standard InChI is InChI=1S/C15H21NO2/c1-16-11-5-8-14(12-16)18-15(17)10-9-13-6-3-2-4-7-13/h2-4,6-7,14H,5,8-12H2,1H3/t14-/m0/s1. The third-order valence-corrected chi connectivity index (χ3v) is 3.34. The first kappa shape index (κ1) is 13.1. The van der Waals surface area contributed by atoms with Crippen molar-refractivity contribution in [3.63, 3.8) is 0 Å². The highest BCUT2D eigenvalue weighted by Gasteiger charge is 2.20. The molecule has 1 aromatic rings. The Kier molecular flexibility index (Phi) is 4.76. The molecule has 0 aromatic heterocycles. The molecule has 0 spiro atoms. The Morgan fingerprint density at radius 2 is 2.17 bits per heavy atom. The van der Waals surface area contributed by atoms with Crippen LogP contribution in [-0.2, 0) is 16.0 Å². The molecule has 0 radical (unpaired) electrons. The van der Waals surface area contributed by atoms with E-state index in [0.717, 1.165) is 32.4 Å². The van der Waals surface area contributed by atoms with Gasteiger partial charge in [-0.1, -0.05) is 30.3 Å². The van der Waals surface area contributed by atoms with Gasteiger partial charge < -0.3 is 9.64 Å². The van der Waals surface area contributed by atoms with Gasteiger partial charge in [-0.2, -0.15) is 0 Å². The number of carbonyl (C=O) groups excluding carboxylic acids is 1. The van der Waals surface area contributed by atoms with E-state index in [9.17, 15) is 4.79 Å². The summed E-state index contributed by atoms with van der Waals surface area (Å²) in [5.41, 5.74) is 1.19. The normalized spacial score (nSPS) is 20.6. The molecule has 3 heteroatoms. The van der Waals surface area contributed by atoms with Crippen molar-refractivity contribution in [1.82, 2.24) is 4.90 Å². The molecule has 1 aliphatic heterocycles. The van der Waals surface area contributed by atoms with Crippen LogP contribution >= 0.6 is 0 Å². The summed E-state index contributed by atoms with van der Waals surface area (Å²) < 4.78 is 5.50. The molecular weight excluding hydrogens is 226 g/mol. The first-order valence-corrected chi connectivity index (χ1v) is 6.66. The number of likely N-dealkylation sites (N-methyl/N-ethyl adjacent to an activating group) is 1. The molecule has 3 nitrogen and oxygen atoms in total. The highest BCUT2D eigenvalue weighted by molar-refractivity contribution is 5.70. The molecule has 1 saturated heterocycles. The Hall–Kier alpha value is -1.35. The van der Waals surface area contributed by atoms with Crippen LogP contribution in [0.25, 0.3) is 0 Å². The minimum absolute atomic E-state index is 0.0702. The van der Waals surface area contributed by atoms with Crippen molar-refractivity contribution in [3.8, 4) is 0 Å². The average Bonchev–Trinajstić information content (AvgIpc) is 2.38. The summed E-state index contributed by atoms with van der Waals surface area (Å²) >= 11 is 0. The molecule has 0 amide bonds. The highest BCUT2D eigenvalue weighted by Crippen LogP contribution is 2.13. The van der Waals surface area contributed by atoms with Crippen LogP contribution in [-0.4, -0.2) is 37.1 Å². The van der Waals surface area contributed by atoms with Crippen LogP contribution in [0.15, 0.2) is 30.3 Å². The molecule has 1 fully saturated rings. The number of benzene rings is 1. The molecule has 0 N–H and O–H groups in total. The number of rotatable bonds is 4. The van der Waals surface area contributed by atoms with Crippen LogP contribution < -0.4 is 0 Å². The smallest absolute Gasteiger partial charge is 0.306 e. The largest absolute Gasteiger partial charge is 0.461 e. The lowest BCUT2D eigenvalue weighted by Crippen LogP contribution is -2.38. The zero-order chi connectivity index (χ0) is 12.8. The molecule has 18 heavy (non-hydrogen) atoms. The SMILES string of the molecule is CN1CCC[C@H](OC(=O)CCc2ccccc2)C1. The van der Waals surface area contributed by atoms with Gasteiger partial charge in [-0.15, -0.1) is 0 Å². The van der Waals surface area contributed by atoms with Gasteiger partial charge in [0.15, 0.2) is 0 Å². The molecule has 98 valence electrons. The van der Waals surface area contributed by atoms with Gasteiger partial charge in [-0.3, -0.25) is 4.79 Å². The molecule has 0 saturated carbocycles. The van der Waals surface area contributed by atoms with E-state index < -0.39 is 0 Å². The van der Waals surface area contributed by atoms with E-state index in [1.165, 1.54) is 5.56 Å². The lowest BCUT2D eigenvalue weighted by molar-refractivity contribution is -0.151. The quantitative estimate of drug-likeness (QED) is 0.764. The monoisotopic (exact) mass is 247 g/mol. The maximum atomic E-state index is 11.8. The zero-order valence-corrected chi connectivity index (χ0v) is 11.0. The third-order valence-electron chi connectivity index (χ3n) is 3.34. The second-order valence-electron chi connectivity index (χ2n) is 5.00. The van der Waals surface area contributed by atoms with E-state index in [0.29, 0.717) is 6.42 Å². The van der Waals surface area contributed by atoms with Gasteiger partial charge in [0.1, 0.15) is 6.10 Å². The van der Waals surface area contributed by atoms with Crippen LogP contribution in [0.5, 0.6) is 0 Å². The first-order chi connectivity index (χ1) is 8.74. The zero-order valence-electron chi connectivity index (χ0n) is 11.0. The van der Waals surface area contributed by atoms with E-state index in [-0.39, 0.29) is 12.1 Å². The molecule has 1 heterocycles. The van der Waals surface area contributed by atoms with Gasteiger partial charge in [-0.25, -0.2) is 0 Å². The van der Waals surface area contributed by atoms with E-state index in [1.807, 2.05) is 30.3 Å². The maximum absolute atomic E-state index is 11.8. The number of likely N-dealkylation sites (tertiary alicyclic amines) is 1. The van der Waals surface area contributed by atoms with E-state index in [1.54, 1.807) is 0 Å². The van der Waals surface area contributed by atoms with Gasteiger partial charge in [0.25, 0.3) is 0 Å². The van der Waals surface area contributed by atoms with Crippen LogP contribution in [0.3, 0.4) is 0 Å². The lowest BCUT2D eigenvalue weighted by Gasteiger charge is -2.29. The van der Waals surface area contributed by atoms with E-state index >= 15 is 0 Å². The van der Waals surface area contributed by atoms with Crippen LogP contribution in [0.4, 0.5) is 0 Å². The summed E-state index contributed by atoms with van der Waals surface area (Å²) in [5, 5.41) is 0. The molecule has 0 unspecified atom stereocenters. The van der Waals surface area contributed by atoms with E-state index in [4.69, 9.17) is 4.74 Å². The van der Waals surface area contributed by atoms with Gasteiger partial charge in [0.2, 0.25) is 0 Å². The fourth-order valence-corrected chi connectivity index (χ4v) is 2.35. The van der Waals surface area contributed by atoms with Crippen molar-refractivity contribution in [1.29, 1.82) is 0 Å². The molecule has 1 aromatic carbocycles. The summed E-state index contributed by atoms with van der Waals surface area (Å²) in [4.78, 5) is 14.0. The summed E-state index contributed by atoms with van der Waals surface area (Å²) in [6.45, 7) is 1.98. The van der Waals surface area contributed by atoms with Crippen molar-refractivity contribution >= 4 is 5.97 Å². The average molecular weight is 247 g/mol. The Morgan fingerprint density at radius 1 is 1.39 bits per heavy atom. The molecule has 2 rings (SSSR count). The minimum atomic E-state index is -0.0702. The fourth-order valence-electron chi connectivity index (χ4n) is 2.35. The molecule has 0 aliphatic carbocycles. The Bertz CT molecular complexity index is 377. The number of nitrogens with zero attached hydrogens (tertiary/aromatic N) is 1. The summed E-state index contributed by atoms with van der Waals surface area (Å²) in [5.74, 6) is -0.0702. The second-order valence-corrected chi connectivity index (χ2v) is 5.00. The summed E-state index contributed by atoms with van der Waals surface area (Å²) in [6.07, 6.45) is 3.45. The predicted octanol–water partition coefficient (Wildman–Crippen LogP) is 2.26. The number of piperidine rings is 1. The van der Waals surface area contributed by atoms with Gasteiger partial charge in [0, 0.05) is 13.0 Å². The second kappa shape index (κ2) is 6.55. The van der Waals surface area contributed by atoms with Gasteiger partial charge in [0.05, 0.1) is 0 Å². The number of hydrogen-bond acceptors (Lipinski definition) is 3. The number of carbonyl (C=O) groups is 1. The molecule has 1 aliphatic rings. The van der Waals surface area contributed by atoms with Gasteiger partial charge >= 0.3 is 5.97 Å². The van der Waals surface area contributed by atoms with Crippen molar-refractivity contribution in [2.24, 2.45) is 0 Å². The minimum Gasteiger partial charge on any atom is -0.461 e. The van der Waals surface area contributed by atoms with Crippen LogP contribution in [0, 0.1) is 0 Å². The third kappa shape index (κ3) is 4.15. The Labute approximate surface area is 109 Å². The molecule has 1 atom stereocenters. The van der Waals surface area contributed by atoms with E-state index in [2.05, 4.69) is 11.9 Å². The van der Waals surface area contributed by atoms with Crippen molar-refractivity contribution < 1.29 is 9.53 Å². The van der Waals surface area contributed by atoms with Crippen LogP contribution in [0.1, 0.15) is 24.8 Å². The van der Waals surface area contributed by atoms with Crippen molar-refractivity contribution in [3.05, 3.63) is 35.9 Å². The summed E-state index contributed by atoms with van der Waals surface area (Å²) in [7, 11) is 2.07. The maximum Gasteiger partial charge on any atom is 0.306 e. The molecule has 0 bridgehead atoms. The van der Waals surface area contributed by atoms with Gasteiger partial charge in [-0.05, 0) is 38.4 Å². The molecular formula is C15H21NO2. The summed E-state index contributed by atoms with van der Waals surface area (Å²) in [6, 6.07) is 10.1. The number of hydrogen-bond donors (Lipinski definition) is 0. The topological polar surface area (TPSA) is 29.5 Å². The van der Waals surface area contributed by atoms with Crippen LogP contribution in [0.2, 0.25) is 0 Å². The number of esters is 1. The Balaban J connectivity index is 1.72. The van der Waals surface area contributed by atoms with Crippen molar-refractivity contribution in [2.45, 2.75) is 31.8 Å². The highest BCUT2D eigenvalue weighted by atomic mass is 16.5. The van der Waals surface area contributed by atoms with Crippen molar-refractivity contribution in [2.75, 3.05) is 20.1 Å². The number of ether oxygens (including phenoxy) is 1. The lowest BCUT2D eigenvalue weighted by atomic mass is 10.1. The fraction of sp³-hybridized carbons (Fsp3) is 0.533. The first-order valence-electron chi connectivity index (χ1n) is 6.66. The number of aryl methyl sites for hydroxylation is 1. The predicted molar refractivity (Wildman–Crippen MR) is 71.4 cm³/mol. The Morgan fingerprint density at radius 3 is 2.89 bits per heavy atom.